The average Bonchev–Trinajstić information content (AvgIpc) is 2.81. The summed E-state index contributed by atoms with van der Waals surface area (Å²) in [6.07, 6.45) is 1.97. The normalized spacial score (nSPS) is 10.8. The minimum atomic E-state index is -0.216. The second kappa shape index (κ2) is 6.51. The van der Waals surface area contributed by atoms with Gasteiger partial charge in [-0.25, -0.2) is 4.39 Å². The molecule has 2 rings (SSSR count). The van der Waals surface area contributed by atoms with Gasteiger partial charge in [-0.1, -0.05) is 34.9 Å². The van der Waals surface area contributed by atoms with Gasteiger partial charge in [-0.15, -0.1) is 10.2 Å². The summed E-state index contributed by atoms with van der Waals surface area (Å²) in [5, 5.41) is 11.2. The van der Waals surface area contributed by atoms with Gasteiger partial charge in [-0.05, 0) is 37.1 Å². The maximum Gasteiger partial charge on any atom is 0.179 e. The molecule has 0 bridgehead atoms. The van der Waals surface area contributed by atoms with Crippen LogP contribution >= 0.6 is 34.9 Å². The molecule has 0 radical (unpaired) electrons. The highest BCUT2D eigenvalue weighted by Crippen LogP contribution is 2.34. The predicted molar refractivity (Wildman–Crippen MR) is 75.0 cm³/mol. The van der Waals surface area contributed by atoms with E-state index in [4.69, 9.17) is 0 Å². The van der Waals surface area contributed by atoms with Crippen molar-refractivity contribution in [1.29, 1.82) is 0 Å². The minimum Gasteiger partial charge on any atom is -0.316 e. The molecule has 0 aliphatic carbocycles. The quantitative estimate of drug-likeness (QED) is 0.858. The summed E-state index contributed by atoms with van der Waals surface area (Å²) in [4.78, 5) is 1.01. The van der Waals surface area contributed by atoms with Crippen molar-refractivity contribution in [2.45, 2.75) is 20.1 Å². The van der Waals surface area contributed by atoms with Crippen molar-refractivity contribution in [2.75, 3.05) is 13.3 Å². The number of nitrogens with zero attached hydrogens (tertiary/aromatic N) is 2. The highest BCUT2D eigenvalue weighted by molar-refractivity contribution is 8.03. The number of hydrogen-bond donors (Lipinski definition) is 1. The maximum absolute atomic E-state index is 13.2. The lowest BCUT2D eigenvalue weighted by Crippen LogP contribution is -2.06. The van der Waals surface area contributed by atoms with Crippen molar-refractivity contribution in [2.24, 2.45) is 0 Å². The largest absolute Gasteiger partial charge is 0.316 e. The fourth-order valence-electron chi connectivity index (χ4n) is 1.39. The Morgan fingerprint density at radius 2 is 2.11 bits per heavy atom. The van der Waals surface area contributed by atoms with Gasteiger partial charge in [-0.2, -0.15) is 0 Å². The molecule has 0 fully saturated rings. The molecule has 0 atom stereocenters. The van der Waals surface area contributed by atoms with E-state index in [-0.39, 0.29) is 5.82 Å². The van der Waals surface area contributed by atoms with E-state index < -0.39 is 0 Å². The molecular formula is C11H12FN3S3. The van der Waals surface area contributed by atoms with Gasteiger partial charge in [0.25, 0.3) is 0 Å². The number of nitrogens with one attached hydrogen (secondary N) is 1. The molecule has 0 spiro atoms. The first kappa shape index (κ1) is 13.8. The zero-order valence-electron chi connectivity index (χ0n) is 9.94. The second-order valence-corrected chi connectivity index (χ2v) is 6.74. The van der Waals surface area contributed by atoms with Gasteiger partial charge in [0, 0.05) is 11.4 Å². The highest BCUT2D eigenvalue weighted by Gasteiger charge is 2.09. The molecule has 18 heavy (non-hydrogen) atoms. The number of thioether (sulfide) groups is 1. The molecule has 0 unspecified atom stereocenters. The molecule has 3 nitrogen and oxygen atoms in total. The van der Waals surface area contributed by atoms with Crippen LogP contribution in [0.25, 0.3) is 0 Å². The number of rotatable bonds is 5. The fourth-order valence-corrected chi connectivity index (χ4v) is 3.90. The van der Waals surface area contributed by atoms with Crippen LogP contribution in [0.3, 0.4) is 0 Å². The van der Waals surface area contributed by atoms with E-state index in [1.807, 2.05) is 13.3 Å². The van der Waals surface area contributed by atoms with E-state index in [1.54, 1.807) is 35.2 Å². The van der Waals surface area contributed by atoms with E-state index in [2.05, 4.69) is 15.5 Å². The van der Waals surface area contributed by atoms with E-state index in [9.17, 15) is 4.39 Å². The molecule has 2 aromatic rings. The molecular weight excluding hydrogens is 289 g/mol. The van der Waals surface area contributed by atoms with Crippen molar-refractivity contribution < 1.29 is 4.39 Å². The van der Waals surface area contributed by atoms with Crippen LogP contribution in [0.5, 0.6) is 0 Å². The summed E-state index contributed by atoms with van der Waals surface area (Å²) in [6, 6.07) is 4.81. The van der Waals surface area contributed by atoms with Crippen molar-refractivity contribution >= 4 is 34.9 Å². The number of halogens is 1. The van der Waals surface area contributed by atoms with E-state index >= 15 is 0 Å². The van der Waals surface area contributed by atoms with Crippen LogP contribution in [-0.2, 0) is 6.54 Å². The van der Waals surface area contributed by atoms with E-state index in [1.165, 1.54) is 17.8 Å². The lowest BCUT2D eigenvalue weighted by molar-refractivity contribution is 0.621. The third-order valence-electron chi connectivity index (χ3n) is 2.15. The Labute approximate surface area is 118 Å². The molecule has 0 saturated heterocycles. The summed E-state index contributed by atoms with van der Waals surface area (Å²) < 4.78 is 15.0. The van der Waals surface area contributed by atoms with Crippen LogP contribution in [0.4, 0.5) is 4.39 Å². The molecule has 0 saturated carbocycles. The van der Waals surface area contributed by atoms with Crippen LogP contribution < -0.4 is 5.32 Å². The summed E-state index contributed by atoms with van der Waals surface area (Å²) in [6.45, 7) is 0.633. The summed E-state index contributed by atoms with van der Waals surface area (Å²) in [7, 11) is 1.84. The Morgan fingerprint density at radius 1 is 1.33 bits per heavy atom. The lowest BCUT2D eigenvalue weighted by Gasteiger charge is -2.06. The number of benzene rings is 1. The number of hydrogen-bond acceptors (Lipinski definition) is 6. The first-order valence-electron chi connectivity index (χ1n) is 5.21. The van der Waals surface area contributed by atoms with Gasteiger partial charge in [-0.3, -0.25) is 0 Å². The number of aromatic nitrogens is 2. The molecule has 96 valence electrons. The van der Waals surface area contributed by atoms with Crippen LogP contribution in [0, 0.1) is 5.82 Å². The molecule has 1 aromatic carbocycles. The summed E-state index contributed by atoms with van der Waals surface area (Å²) in [5.74, 6) is -0.216. The second-order valence-electron chi connectivity index (χ2n) is 3.42. The van der Waals surface area contributed by atoms with Gasteiger partial charge >= 0.3 is 0 Å². The molecule has 0 amide bonds. The third kappa shape index (κ3) is 3.44. The van der Waals surface area contributed by atoms with E-state index in [0.717, 1.165) is 19.1 Å². The minimum absolute atomic E-state index is 0.216. The highest BCUT2D eigenvalue weighted by atomic mass is 32.2. The monoisotopic (exact) mass is 301 g/mol. The first-order chi connectivity index (χ1) is 8.72. The Kier molecular flexibility index (Phi) is 4.99. The topological polar surface area (TPSA) is 37.8 Å². The van der Waals surface area contributed by atoms with Gasteiger partial charge in [0.15, 0.2) is 8.68 Å². The molecule has 1 aromatic heterocycles. The molecule has 0 aliphatic heterocycles. The van der Waals surface area contributed by atoms with Crippen molar-refractivity contribution in [1.82, 2.24) is 15.5 Å². The predicted octanol–water partition coefficient (Wildman–Crippen LogP) is 3.27. The van der Waals surface area contributed by atoms with Crippen LogP contribution in [0.1, 0.15) is 5.56 Å². The Bertz CT molecular complexity index is 530. The Hall–Kier alpha value is -0.630. The van der Waals surface area contributed by atoms with Crippen molar-refractivity contribution in [3.63, 3.8) is 0 Å². The van der Waals surface area contributed by atoms with E-state index in [0.29, 0.717) is 6.54 Å². The van der Waals surface area contributed by atoms with Gasteiger partial charge in [0.2, 0.25) is 0 Å². The zero-order valence-corrected chi connectivity index (χ0v) is 12.4. The third-order valence-corrected chi connectivity index (χ3v) is 5.22. The fraction of sp³-hybridized carbons (Fsp3) is 0.273. The smallest absolute Gasteiger partial charge is 0.179 e. The molecule has 1 heterocycles. The summed E-state index contributed by atoms with van der Waals surface area (Å²) in [5.41, 5.74) is 0.934. The van der Waals surface area contributed by atoms with Crippen LogP contribution in [0.2, 0.25) is 0 Å². The Balaban J connectivity index is 2.22. The molecule has 7 heteroatoms. The zero-order chi connectivity index (χ0) is 13.0. The molecule has 0 aliphatic rings. The standard InChI is InChI=1S/C11H12FN3S3/c1-13-6-7-5-8(12)3-4-9(7)17-11-15-14-10(16-2)18-11/h3-5,13H,6H2,1-2H3. The lowest BCUT2D eigenvalue weighted by atomic mass is 10.2. The average molecular weight is 301 g/mol. The summed E-state index contributed by atoms with van der Waals surface area (Å²) >= 11 is 4.65. The van der Waals surface area contributed by atoms with Crippen molar-refractivity contribution in [3.8, 4) is 0 Å². The van der Waals surface area contributed by atoms with Gasteiger partial charge in [0.1, 0.15) is 5.82 Å². The molecule has 1 N–H and O–H groups in total. The van der Waals surface area contributed by atoms with Crippen molar-refractivity contribution in [3.05, 3.63) is 29.6 Å². The van der Waals surface area contributed by atoms with Crippen LogP contribution in [-0.4, -0.2) is 23.5 Å². The SMILES string of the molecule is CNCc1cc(F)ccc1Sc1nnc(SC)s1. The van der Waals surface area contributed by atoms with Gasteiger partial charge in [0.05, 0.1) is 0 Å². The maximum atomic E-state index is 13.2. The van der Waals surface area contributed by atoms with Gasteiger partial charge < -0.3 is 5.32 Å². The first-order valence-corrected chi connectivity index (χ1v) is 8.07. The van der Waals surface area contributed by atoms with Crippen LogP contribution in [0.15, 0.2) is 31.8 Å². The Morgan fingerprint density at radius 3 is 2.78 bits per heavy atom.